The van der Waals surface area contributed by atoms with E-state index in [1.165, 1.54) is 21.9 Å². The van der Waals surface area contributed by atoms with Gasteiger partial charge in [-0.05, 0) is 12.1 Å². The Morgan fingerprint density at radius 1 is 0.609 bits per heavy atom. The molecule has 0 heterocycles. The first-order chi connectivity index (χ1) is 20.3. The molecule has 0 saturated carbocycles. The Morgan fingerprint density at radius 3 is 1.35 bits per heavy atom. The molecule has 0 aromatic heterocycles. The summed E-state index contributed by atoms with van der Waals surface area (Å²) in [4.78, 5) is 0. The minimum Gasteiger partial charge on any atom is -0.508 e. The Balaban J connectivity index is -0.000000527. The zero-order valence-electron chi connectivity index (χ0n) is 27.9. The van der Waals surface area contributed by atoms with Crippen molar-refractivity contribution in [1.29, 1.82) is 0 Å². The van der Waals surface area contributed by atoms with E-state index in [1.807, 2.05) is 48.5 Å². The largest absolute Gasteiger partial charge is 4.00 e. The summed E-state index contributed by atoms with van der Waals surface area (Å²) in [6, 6.07) is 55.1. The summed E-state index contributed by atoms with van der Waals surface area (Å²) in [5.74, 6) is 0.322. The van der Waals surface area contributed by atoms with Gasteiger partial charge in [0.05, 0.1) is 0 Å². The second-order valence-corrected chi connectivity index (χ2v) is 16.5. The first-order valence-corrected chi connectivity index (χ1v) is 19.7. The molecule has 46 heavy (non-hydrogen) atoms. The molecule has 0 aliphatic heterocycles. The second kappa shape index (κ2) is 28.3. The molecule has 0 aliphatic rings. The van der Waals surface area contributed by atoms with Gasteiger partial charge in [-0.2, -0.15) is 48.5 Å². The maximum absolute atomic E-state index is 8.63. The fourth-order valence-electron chi connectivity index (χ4n) is 3.87. The van der Waals surface area contributed by atoms with Crippen LogP contribution in [0.4, 0.5) is 0 Å². The number of hydrogen-bond donors (Lipinski definition) is 1. The molecule has 0 atom stereocenters. The number of phenolic OH excluding ortho intramolecular Hbond substituents is 1. The van der Waals surface area contributed by atoms with Gasteiger partial charge in [-0.3, -0.25) is 0 Å². The third kappa shape index (κ3) is 20.3. The summed E-state index contributed by atoms with van der Waals surface area (Å²) < 4.78 is 0. The second-order valence-electron chi connectivity index (χ2n) is 10.5. The van der Waals surface area contributed by atoms with E-state index in [2.05, 4.69) is 130 Å². The Kier molecular flexibility index (Phi) is 29.3. The van der Waals surface area contributed by atoms with Crippen molar-refractivity contribution in [3.63, 3.8) is 0 Å². The average Bonchev–Trinajstić information content (AvgIpc) is 3.46. The molecule has 6 aromatic rings. The minimum atomic E-state index is -1.15. The fourth-order valence-corrected chi connectivity index (χ4v) is 5.48. The van der Waals surface area contributed by atoms with Crippen LogP contribution in [0.5, 0.6) is 5.75 Å². The molecule has 6 heteroatoms. The molecule has 240 valence electrons. The van der Waals surface area contributed by atoms with Crippen molar-refractivity contribution in [2.45, 2.75) is 32.7 Å². The standard InChI is InChI=1S/C13H11.C12H15Si.C6H6O.C6H5.C2H6Si.CH3.2ClH.Ti/c1-3-7-12(8-4-1)11-13-9-5-2-6-10-13;1-13(2,3)12-9-8-10-6-4-5-7-11(10)12;7-6-4-2-1-3-5-6;1-2-4-6-5-3-1;1-3-2;;;;/h1-11H;4-9H,1-3H3;1-5,7H;1-5H;1-2H3;1H3;2*1H;/q2*-1;;-1;;-1;;;+4. The molecule has 0 saturated heterocycles. The summed E-state index contributed by atoms with van der Waals surface area (Å²) in [5.41, 5.74) is 2.49. The smallest absolute Gasteiger partial charge is 0.508 e. The molecule has 0 aliphatic carbocycles. The third-order valence-corrected chi connectivity index (χ3v) is 7.84. The molecule has 1 nitrogen and oxygen atoms in total. The number of halogens is 2. The number of phenols is 1. The van der Waals surface area contributed by atoms with Gasteiger partial charge in [0.25, 0.3) is 0 Å². The van der Waals surface area contributed by atoms with Gasteiger partial charge < -0.3 is 12.5 Å². The van der Waals surface area contributed by atoms with Crippen LogP contribution in [0.2, 0.25) is 32.7 Å². The Bertz CT molecular complexity index is 1410. The van der Waals surface area contributed by atoms with Crippen molar-refractivity contribution < 1.29 is 26.8 Å². The van der Waals surface area contributed by atoms with E-state index in [0.717, 1.165) is 9.52 Å². The Hall–Kier alpha value is -2.89. The first-order valence-electron chi connectivity index (χ1n) is 14.2. The quantitative estimate of drug-likeness (QED) is 0.143. The van der Waals surface area contributed by atoms with Crippen molar-refractivity contribution in [2.75, 3.05) is 0 Å². The molecule has 6 rings (SSSR count). The molecule has 0 bridgehead atoms. The van der Waals surface area contributed by atoms with Crippen LogP contribution in [0, 0.1) is 19.9 Å². The molecular formula is C40H48Cl2OSi2Ti. The normalized spacial score (nSPS) is 8.89. The van der Waals surface area contributed by atoms with Crippen LogP contribution in [0.15, 0.2) is 158 Å². The Labute approximate surface area is 310 Å². The molecule has 6 aromatic carbocycles. The number of para-hydroxylation sites is 1. The molecule has 0 unspecified atom stereocenters. The van der Waals surface area contributed by atoms with Crippen LogP contribution in [0.1, 0.15) is 11.1 Å². The van der Waals surface area contributed by atoms with Crippen LogP contribution in [0.3, 0.4) is 0 Å². The van der Waals surface area contributed by atoms with Crippen LogP contribution in [-0.2, 0) is 21.7 Å². The van der Waals surface area contributed by atoms with Crippen LogP contribution in [0.25, 0.3) is 10.8 Å². The van der Waals surface area contributed by atoms with Crippen molar-refractivity contribution in [2.24, 2.45) is 0 Å². The Morgan fingerprint density at radius 2 is 1.00 bits per heavy atom. The summed E-state index contributed by atoms with van der Waals surface area (Å²) in [5, 5.41) is 13.1. The number of fused-ring (bicyclic) bond motifs is 1. The van der Waals surface area contributed by atoms with Crippen molar-refractivity contribution in [3.8, 4) is 5.75 Å². The summed E-state index contributed by atoms with van der Waals surface area (Å²) in [6.45, 7) is 11.5. The maximum Gasteiger partial charge on any atom is 4.00 e. The SMILES string of the molecule is C[Si](C)(C)[c-]1ccc2ccccc21.C[Si]C.Cl.Cl.Oc1ccccc1.[CH3-].[Ti+4].[c-]1ccccc1.c1ccc([CH-]c2ccccc2)cc1. The number of benzene rings is 5. The predicted molar refractivity (Wildman–Crippen MR) is 210 cm³/mol. The van der Waals surface area contributed by atoms with Crippen LogP contribution < -0.4 is 5.19 Å². The molecule has 0 amide bonds. The zero-order valence-corrected chi connectivity index (χ0v) is 33.0. The van der Waals surface area contributed by atoms with Gasteiger partial charge in [0.1, 0.15) is 5.75 Å². The summed E-state index contributed by atoms with van der Waals surface area (Å²) >= 11 is 0. The van der Waals surface area contributed by atoms with Crippen molar-refractivity contribution in [3.05, 3.63) is 189 Å². The molecule has 2 radical (unpaired) electrons. The zero-order chi connectivity index (χ0) is 30.5. The minimum absolute atomic E-state index is 0. The molecule has 1 N–H and O–H groups in total. The van der Waals surface area contributed by atoms with Gasteiger partial charge in [-0.1, -0.05) is 93.4 Å². The maximum atomic E-state index is 8.63. The van der Waals surface area contributed by atoms with E-state index < -0.39 is 8.07 Å². The van der Waals surface area contributed by atoms with E-state index in [9.17, 15) is 0 Å². The topological polar surface area (TPSA) is 20.2 Å². The fraction of sp³-hybridized carbons (Fsp3) is 0.125. The van der Waals surface area contributed by atoms with Crippen LogP contribution in [-0.4, -0.2) is 22.7 Å². The van der Waals surface area contributed by atoms with Gasteiger partial charge in [-0.15, -0.1) is 101 Å². The molecular weight excluding hydrogens is 671 g/mol. The predicted octanol–water partition coefficient (Wildman–Crippen LogP) is 11.3. The van der Waals surface area contributed by atoms with Crippen molar-refractivity contribution in [1.82, 2.24) is 0 Å². The molecule has 0 fully saturated rings. The van der Waals surface area contributed by atoms with E-state index in [1.54, 1.807) is 29.5 Å². The first kappa shape index (κ1) is 47.5. The number of hydrogen-bond acceptors (Lipinski definition) is 1. The van der Waals surface area contributed by atoms with Gasteiger partial charge in [0, 0.05) is 17.6 Å². The van der Waals surface area contributed by atoms with E-state index in [4.69, 9.17) is 5.11 Å². The summed E-state index contributed by atoms with van der Waals surface area (Å²) in [6.07, 6.45) is 2.17. The van der Waals surface area contributed by atoms with E-state index in [0.29, 0.717) is 5.75 Å². The number of rotatable bonds is 3. The third-order valence-electron chi connectivity index (χ3n) is 5.78. The monoisotopic (exact) mass is 718 g/mol. The van der Waals surface area contributed by atoms with Crippen LogP contribution >= 0.6 is 24.8 Å². The summed E-state index contributed by atoms with van der Waals surface area (Å²) in [7, 11) is -0.0622. The number of aromatic hydroxyl groups is 1. The van der Waals surface area contributed by atoms with E-state index >= 15 is 0 Å². The van der Waals surface area contributed by atoms with E-state index in [-0.39, 0.29) is 54.0 Å². The van der Waals surface area contributed by atoms with Gasteiger partial charge in [0.2, 0.25) is 0 Å². The molecule has 0 spiro atoms. The van der Waals surface area contributed by atoms with Gasteiger partial charge in [0.15, 0.2) is 0 Å². The van der Waals surface area contributed by atoms with Gasteiger partial charge >= 0.3 is 21.7 Å². The van der Waals surface area contributed by atoms with Crippen molar-refractivity contribution >= 4 is 58.4 Å². The average molecular weight is 720 g/mol. The van der Waals surface area contributed by atoms with Gasteiger partial charge in [-0.25, -0.2) is 0 Å².